The van der Waals surface area contributed by atoms with E-state index in [2.05, 4.69) is 41.7 Å². The van der Waals surface area contributed by atoms with Crippen LogP contribution in [0.2, 0.25) is 0 Å². The minimum absolute atomic E-state index is 0.483. The fourth-order valence-electron chi connectivity index (χ4n) is 2.58. The summed E-state index contributed by atoms with van der Waals surface area (Å²) < 4.78 is 0. The van der Waals surface area contributed by atoms with Crippen LogP contribution >= 0.6 is 22.9 Å². The van der Waals surface area contributed by atoms with Crippen LogP contribution in [0.4, 0.5) is 5.82 Å². The van der Waals surface area contributed by atoms with Gasteiger partial charge in [0.25, 0.3) is 0 Å². The van der Waals surface area contributed by atoms with Crippen LogP contribution in [-0.2, 0) is 6.42 Å². The Morgan fingerprint density at radius 1 is 1.25 bits per heavy atom. The minimum atomic E-state index is 0.483. The van der Waals surface area contributed by atoms with E-state index in [0.29, 0.717) is 11.9 Å². The van der Waals surface area contributed by atoms with Gasteiger partial charge in [0.1, 0.15) is 17.0 Å². The maximum Gasteiger partial charge on any atom is 0.141 e. The van der Waals surface area contributed by atoms with Gasteiger partial charge in [-0.3, -0.25) is 0 Å². The molecule has 0 unspecified atom stereocenters. The Labute approximate surface area is 130 Å². The third-order valence-electron chi connectivity index (χ3n) is 3.69. The standard InChI is InChI=1S/C15H22ClN3S/c1-4-11(5-2)19(8-7-16)14-13-9-12(6-3)20-15(13)18-10-17-14/h9-11H,4-8H2,1-3H3. The minimum Gasteiger partial charge on any atom is -0.352 e. The molecule has 20 heavy (non-hydrogen) atoms. The predicted octanol–water partition coefficient (Wildman–Crippen LogP) is 4.49. The van der Waals surface area contributed by atoms with E-state index in [1.807, 2.05) is 0 Å². The molecule has 0 aliphatic carbocycles. The second kappa shape index (κ2) is 7.23. The summed E-state index contributed by atoms with van der Waals surface area (Å²) >= 11 is 7.77. The molecule has 0 N–H and O–H groups in total. The van der Waals surface area contributed by atoms with E-state index in [1.54, 1.807) is 17.7 Å². The second-order valence-corrected chi connectivity index (χ2v) is 6.33. The van der Waals surface area contributed by atoms with Gasteiger partial charge < -0.3 is 4.90 Å². The van der Waals surface area contributed by atoms with Crippen molar-refractivity contribution in [2.75, 3.05) is 17.3 Å². The molecule has 0 amide bonds. The molecule has 2 aromatic heterocycles. The molecule has 0 aliphatic heterocycles. The summed E-state index contributed by atoms with van der Waals surface area (Å²) in [6, 6.07) is 2.72. The second-order valence-electron chi connectivity index (χ2n) is 4.84. The first-order valence-electron chi connectivity index (χ1n) is 7.31. The summed E-state index contributed by atoms with van der Waals surface area (Å²) in [6.07, 6.45) is 4.92. The summed E-state index contributed by atoms with van der Waals surface area (Å²) in [7, 11) is 0. The number of fused-ring (bicyclic) bond motifs is 1. The van der Waals surface area contributed by atoms with Crippen LogP contribution < -0.4 is 4.90 Å². The molecule has 2 aromatic rings. The average molecular weight is 312 g/mol. The van der Waals surface area contributed by atoms with Crippen molar-refractivity contribution in [1.29, 1.82) is 0 Å². The lowest BCUT2D eigenvalue weighted by atomic mass is 10.1. The fourth-order valence-corrected chi connectivity index (χ4v) is 3.69. The summed E-state index contributed by atoms with van der Waals surface area (Å²) in [6.45, 7) is 7.45. The van der Waals surface area contributed by atoms with Gasteiger partial charge in [-0.2, -0.15) is 0 Å². The van der Waals surface area contributed by atoms with E-state index < -0.39 is 0 Å². The monoisotopic (exact) mass is 311 g/mol. The highest BCUT2D eigenvalue weighted by Crippen LogP contribution is 2.32. The molecular formula is C15H22ClN3S. The number of alkyl halides is 1. The first-order chi connectivity index (χ1) is 9.74. The van der Waals surface area contributed by atoms with Gasteiger partial charge in [-0.15, -0.1) is 22.9 Å². The molecule has 3 nitrogen and oxygen atoms in total. The van der Waals surface area contributed by atoms with Crippen molar-refractivity contribution >= 4 is 39.0 Å². The SMILES string of the molecule is CCc1cc2c(N(CCCl)C(CC)CC)ncnc2s1. The van der Waals surface area contributed by atoms with Crippen molar-refractivity contribution in [3.8, 4) is 0 Å². The lowest BCUT2D eigenvalue weighted by molar-refractivity contribution is 0.564. The number of halogens is 1. The van der Waals surface area contributed by atoms with Crippen LogP contribution in [-0.4, -0.2) is 28.4 Å². The molecular weight excluding hydrogens is 290 g/mol. The summed E-state index contributed by atoms with van der Waals surface area (Å²) in [5.41, 5.74) is 0. The molecule has 0 saturated heterocycles. The van der Waals surface area contributed by atoms with Gasteiger partial charge >= 0.3 is 0 Å². The van der Waals surface area contributed by atoms with Gasteiger partial charge in [0.05, 0.1) is 5.39 Å². The van der Waals surface area contributed by atoms with E-state index in [-0.39, 0.29) is 0 Å². The molecule has 110 valence electrons. The van der Waals surface area contributed by atoms with Crippen molar-refractivity contribution < 1.29 is 0 Å². The van der Waals surface area contributed by atoms with E-state index in [4.69, 9.17) is 11.6 Å². The number of anilines is 1. The number of aryl methyl sites for hydroxylation is 1. The number of hydrogen-bond donors (Lipinski definition) is 0. The molecule has 0 aliphatic rings. The number of thiophene rings is 1. The predicted molar refractivity (Wildman–Crippen MR) is 89.2 cm³/mol. The van der Waals surface area contributed by atoms with Gasteiger partial charge in [-0.25, -0.2) is 9.97 Å². The molecule has 0 spiro atoms. The van der Waals surface area contributed by atoms with Gasteiger partial charge in [-0.1, -0.05) is 20.8 Å². The van der Waals surface area contributed by atoms with Crippen LogP contribution in [0.1, 0.15) is 38.5 Å². The van der Waals surface area contributed by atoms with Gasteiger partial charge in [0.2, 0.25) is 0 Å². The largest absolute Gasteiger partial charge is 0.352 e. The van der Waals surface area contributed by atoms with Crippen molar-refractivity contribution in [1.82, 2.24) is 9.97 Å². The summed E-state index contributed by atoms with van der Waals surface area (Å²) in [5.74, 6) is 1.66. The van der Waals surface area contributed by atoms with Crippen molar-refractivity contribution in [2.24, 2.45) is 0 Å². The first-order valence-corrected chi connectivity index (χ1v) is 8.66. The van der Waals surface area contributed by atoms with Crippen molar-refractivity contribution in [2.45, 2.75) is 46.1 Å². The highest BCUT2D eigenvalue weighted by atomic mass is 35.5. The van der Waals surface area contributed by atoms with Gasteiger partial charge in [0, 0.05) is 23.3 Å². The molecule has 0 aromatic carbocycles. The van der Waals surface area contributed by atoms with Crippen LogP contribution in [0.3, 0.4) is 0 Å². The van der Waals surface area contributed by atoms with Crippen molar-refractivity contribution in [3.05, 3.63) is 17.3 Å². The molecule has 2 heterocycles. The van der Waals surface area contributed by atoms with Gasteiger partial charge in [0.15, 0.2) is 0 Å². The van der Waals surface area contributed by atoms with Crippen LogP contribution in [0.25, 0.3) is 10.2 Å². The van der Waals surface area contributed by atoms with Crippen LogP contribution in [0.15, 0.2) is 12.4 Å². The maximum absolute atomic E-state index is 6.01. The number of nitrogens with zero attached hydrogens (tertiary/aromatic N) is 3. The topological polar surface area (TPSA) is 29.0 Å². The molecule has 5 heteroatoms. The summed E-state index contributed by atoms with van der Waals surface area (Å²) in [5, 5.41) is 1.17. The molecule has 0 saturated carbocycles. The molecule has 0 atom stereocenters. The lowest BCUT2D eigenvalue weighted by Crippen LogP contribution is -2.36. The van der Waals surface area contributed by atoms with Gasteiger partial charge in [-0.05, 0) is 25.3 Å². The maximum atomic E-state index is 6.01. The van der Waals surface area contributed by atoms with E-state index in [1.165, 1.54) is 10.3 Å². The Balaban J connectivity index is 2.49. The summed E-state index contributed by atoms with van der Waals surface area (Å²) in [4.78, 5) is 13.8. The normalized spacial score (nSPS) is 11.4. The highest BCUT2D eigenvalue weighted by molar-refractivity contribution is 7.18. The number of hydrogen-bond acceptors (Lipinski definition) is 4. The van der Waals surface area contributed by atoms with Crippen LogP contribution in [0.5, 0.6) is 0 Å². The molecule has 2 rings (SSSR count). The Kier molecular flexibility index (Phi) is 5.61. The highest BCUT2D eigenvalue weighted by Gasteiger charge is 2.20. The first kappa shape index (κ1) is 15.5. The lowest BCUT2D eigenvalue weighted by Gasteiger charge is -2.31. The Morgan fingerprint density at radius 2 is 2.00 bits per heavy atom. The van der Waals surface area contributed by atoms with E-state index in [0.717, 1.165) is 36.5 Å². The zero-order chi connectivity index (χ0) is 14.5. The Morgan fingerprint density at radius 3 is 2.60 bits per heavy atom. The fraction of sp³-hybridized carbons (Fsp3) is 0.600. The van der Waals surface area contributed by atoms with Crippen molar-refractivity contribution in [3.63, 3.8) is 0 Å². The Hall–Kier alpha value is -0.870. The third kappa shape index (κ3) is 3.07. The zero-order valence-corrected chi connectivity index (χ0v) is 14.0. The number of rotatable bonds is 7. The molecule has 0 fully saturated rings. The Bertz CT molecular complexity index is 551. The number of aromatic nitrogens is 2. The third-order valence-corrected chi connectivity index (χ3v) is 5.05. The molecule has 0 radical (unpaired) electrons. The smallest absolute Gasteiger partial charge is 0.141 e. The zero-order valence-electron chi connectivity index (χ0n) is 12.4. The van der Waals surface area contributed by atoms with E-state index in [9.17, 15) is 0 Å². The van der Waals surface area contributed by atoms with E-state index >= 15 is 0 Å². The average Bonchev–Trinajstić information content (AvgIpc) is 2.90. The quantitative estimate of drug-likeness (QED) is 0.706. The van der Waals surface area contributed by atoms with Crippen LogP contribution in [0, 0.1) is 0 Å². The molecule has 0 bridgehead atoms.